The smallest absolute Gasteiger partial charge is 0.266 e. The van der Waals surface area contributed by atoms with Gasteiger partial charge in [0.15, 0.2) is 11.5 Å². The molecule has 5 aromatic rings. The lowest BCUT2D eigenvalue weighted by Crippen LogP contribution is -2.33. The van der Waals surface area contributed by atoms with E-state index in [0.29, 0.717) is 39.4 Å². The highest BCUT2D eigenvalue weighted by Crippen LogP contribution is 2.27. The molecule has 10 heteroatoms. The van der Waals surface area contributed by atoms with Gasteiger partial charge in [-0.3, -0.25) is 9.36 Å². The molecular formula is C26H28N8O2. The molecule has 3 aromatic heterocycles. The number of nitrogens with two attached hydrogens (primary N) is 1. The quantitative estimate of drug-likeness (QED) is 0.330. The second-order valence-electron chi connectivity index (χ2n) is 9.57. The van der Waals surface area contributed by atoms with Gasteiger partial charge in [0.2, 0.25) is 5.95 Å². The maximum absolute atomic E-state index is 13.9. The first-order chi connectivity index (χ1) is 17.2. The van der Waals surface area contributed by atoms with Crippen molar-refractivity contribution in [3.63, 3.8) is 0 Å². The monoisotopic (exact) mass is 484 g/mol. The molecule has 10 nitrogen and oxygen atoms in total. The van der Waals surface area contributed by atoms with E-state index in [2.05, 4.69) is 25.3 Å². The molecule has 3 heterocycles. The first-order valence-electron chi connectivity index (χ1n) is 11.7. The van der Waals surface area contributed by atoms with Crippen molar-refractivity contribution in [2.45, 2.75) is 39.3 Å². The summed E-state index contributed by atoms with van der Waals surface area (Å²) < 4.78 is 7.82. The summed E-state index contributed by atoms with van der Waals surface area (Å²) in [7, 11) is 0. The Balaban J connectivity index is 1.75. The van der Waals surface area contributed by atoms with Crippen LogP contribution >= 0.6 is 0 Å². The number of hydrogen-bond acceptors (Lipinski definition) is 8. The highest BCUT2D eigenvalue weighted by molar-refractivity contribution is 5.84. The predicted molar refractivity (Wildman–Crippen MR) is 140 cm³/mol. The van der Waals surface area contributed by atoms with Crippen LogP contribution in [0.25, 0.3) is 27.8 Å². The molecule has 1 atom stereocenters. The van der Waals surface area contributed by atoms with E-state index in [1.807, 2.05) is 76.2 Å². The second kappa shape index (κ2) is 9.04. The summed E-state index contributed by atoms with van der Waals surface area (Å²) in [6, 6.07) is 14.5. The van der Waals surface area contributed by atoms with Gasteiger partial charge in [-0.25, -0.2) is 9.97 Å². The van der Waals surface area contributed by atoms with Gasteiger partial charge in [-0.1, -0.05) is 30.3 Å². The first-order valence-corrected chi connectivity index (χ1v) is 11.7. The van der Waals surface area contributed by atoms with Crippen molar-refractivity contribution >= 4 is 33.8 Å². The molecule has 1 unspecified atom stereocenters. The minimum atomic E-state index is -0.567. The largest absolute Gasteiger partial charge is 0.373 e. The average molecular weight is 485 g/mol. The van der Waals surface area contributed by atoms with Crippen molar-refractivity contribution in [2.75, 3.05) is 17.7 Å². The molecule has 0 fully saturated rings. The van der Waals surface area contributed by atoms with Gasteiger partial charge in [0.25, 0.3) is 5.56 Å². The van der Waals surface area contributed by atoms with Gasteiger partial charge in [0.1, 0.15) is 17.4 Å². The molecule has 0 aliphatic heterocycles. The Morgan fingerprint density at radius 3 is 2.61 bits per heavy atom. The summed E-state index contributed by atoms with van der Waals surface area (Å²) in [6.45, 7) is 8.04. The molecule has 184 valence electrons. The van der Waals surface area contributed by atoms with Crippen molar-refractivity contribution in [2.24, 2.45) is 0 Å². The average Bonchev–Trinajstić information content (AvgIpc) is 3.30. The van der Waals surface area contributed by atoms with Gasteiger partial charge in [0, 0.05) is 0 Å². The number of aromatic amines is 1. The zero-order valence-electron chi connectivity index (χ0n) is 20.6. The third kappa shape index (κ3) is 4.50. The molecular weight excluding hydrogens is 456 g/mol. The van der Waals surface area contributed by atoms with E-state index in [1.165, 1.54) is 6.33 Å². The highest BCUT2D eigenvalue weighted by atomic mass is 16.5. The third-order valence-corrected chi connectivity index (χ3v) is 5.75. The van der Waals surface area contributed by atoms with Crippen LogP contribution in [0.5, 0.6) is 0 Å². The van der Waals surface area contributed by atoms with Gasteiger partial charge in [-0.05, 0) is 51.5 Å². The van der Waals surface area contributed by atoms with Crippen LogP contribution in [0.2, 0.25) is 0 Å². The number of benzene rings is 2. The van der Waals surface area contributed by atoms with Crippen molar-refractivity contribution in [1.82, 2.24) is 29.5 Å². The number of anilines is 2. The van der Waals surface area contributed by atoms with E-state index in [4.69, 9.17) is 15.5 Å². The maximum atomic E-state index is 13.9. The van der Waals surface area contributed by atoms with Crippen molar-refractivity contribution < 1.29 is 4.74 Å². The normalized spacial score (nSPS) is 12.8. The highest BCUT2D eigenvalue weighted by Gasteiger charge is 2.26. The van der Waals surface area contributed by atoms with Crippen LogP contribution in [-0.4, -0.2) is 41.7 Å². The number of fused-ring (bicyclic) bond motifs is 2. The number of para-hydroxylation sites is 1. The fraction of sp³-hybridized carbons (Fsp3) is 0.269. The van der Waals surface area contributed by atoms with E-state index in [1.54, 1.807) is 4.57 Å². The van der Waals surface area contributed by atoms with Crippen LogP contribution in [0.4, 0.5) is 11.8 Å². The summed E-state index contributed by atoms with van der Waals surface area (Å²) in [5.41, 5.74) is 8.57. The van der Waals surface area contributed by atoms with Crippen molar-refractivity contribution in [3.8, 4) is 5.69 Å². The van der Waals surface area contributed by atoms with Gasteiger partial charge in [0.05, 0.1) is 35.1 Å². The van der Waals surface area contributed by atoms with E-state index in [-0.39, 0.29) is 18.1 Å². The van der Waals surface area contributed by atoms with Gasteiger partial charge in [-0.15, -0.1) is 0 Å². The molecule has 4 N–H and O–H groups in total. The van der Waals surface area contributed by atoms with Crippen LogP contribution in [0.3, 0.4) is 0 Å². The summed E-state index contributed by atoms with van der Waals surface area (Å²) in [5.74, 6) is 1.00. The molecule has 0 bridgehead atoms. The number of imidazole rings is 1. The number of hydrogen-bond donors (Lipinski definition) is 3. The first kappa shape index (κ1) is 23.4. The van der Waals surface area contributed by atoms with Crippen molar-refractivity contribution in [1.29, 1.82) is 0 Å². The number of aromatic nitrogens is 6. The van der Waals surface area contributed by atoms with Crippen LogP contribution in [-0.2, 0) is 4.74 Å². The van der Waals surface area contributed by atoms with E-state index >= 15 is 0 Å². The Morgan fingerprint density at radius 1 is 1.08 bits per heavy atom. The lowest BCUT2D eigenvalue weighted by atomic mass is 10.1. The Labute approximate surface area is 207 Å². The van der Waals surface area contributed by atoms with Crippen LogP contribution in [0, 0.1) is 6.92 Å². The minimum Gasteiger partial charge on any atom is -0.373 e. The standard InChI is InChI=1S/C26H28N8O2/c1-15-9-8-12-17-19(15)24(35)34(16-10-6-5-7-11-16)23(31-17)18(13-36-26(2,3)4)30-22-20-21(29-14-28-20)32-25(27)33-22/h5-12,14,18H,13H2,1-4H3,(H4,27,28,29,30,32,33). The van der Waals surface area contributed by atoms with Gasteiger partial charge < -0.3 is 20.8 Å². The fourth-order valence-corrected chi connectivity index (χ4v) is 4.11. The number of ether oxygens (including phenoxy) is 1. The summed E-state index contributed by atoms with van der Waals surface area (Å²) >= 11 is 0. The molecule has 0 saturated carbocycles. The number of H-pyrrole nitrogens is 1. The Hall–Kier alpha value is -4.31. The summed E-state index contributed by atoms with van der Waals surface area (Å²) in [5, 5.41) is 3.98. The number of nitrogens with zero attached hydrogens (tertiary/aromatic N) is 5. The summed E-state index contributed by atoms with van der Waals surface area (Å²) in [6.07, 6.45) is 1.53. The van der Waals surface area contributed by atoms with Crippen LogP contribution < -0.4 is 16.6 Å². The molecule has 0 radical (unpaired) electrons. The van der Waals surface area contributed by atoms with Gasteiger partial charge in [-0.2, -0.15) is 9.97 Å². The molecule has 0 saturated heterocycles. The van der Waals surface area contributed by atoms with Crippen molar-refractivity contribution in [3.05, 3.63) is 76.6 Å². The van der Waals surface area contributed by atoms with Crippen LogP contribution in [0.15, 0.2) is 59.7 Å². The molecule has 2 aromatic carbocycles. The van der Waals surface area contributed by atoms with Crippen LogP contribution in [0.1, 0.15) is 38.2 Å². The minimum absolute atomic E-state index is 0.0788. The van der Waals surface area contributed by atoms with E-state index in [9.17, 15) is 4.79 Å². The summed E-state index contributed by atoms with van der Waals surface area (Å²) in [4.78, 5) is 34.8. The molecule has 36 heavy (non-hydrogen) atoms. The zero-order valence-corrected chi connectivity index (χ0v) is 20.6. The second-order valence-corrected chi connectivity index (χ2v) is 9.57. The number of nitrogen functional groups attached to an aromatic ring is 1. The lowest BCUT2D eigenvalue weighted by Gasteiger charge is -2.27. The Kier molecular flexibility index (Phi) is 5.89. The number of aryl methyl sites for hydroxylation is 1. The fourth-order valence-electron chi connectivity index (χ4n) is 4.11. The van der Waals surface area contributed by atoms with Gasteiger partial charge >= 0.3 is 0 Å². The molecule has 0 aliphatic carbocycles. The predicted octanol–water partition coefficient (Wildman–Crippen LogP) is 3.91. The lowest BCUT2D eigenvalue weighted by molar-refractivity contribution is -0.00893. The topological polar surface area (TPSA) is 137 Å². The Bertz CT molecular complexity index is 1600. The number of rotatable bonds is 6. The van der Waals surface area contributed by atoms with E-state index in [0.717, 1.165) is 5.56 Å². The SMILES string of the molecule is Cc1cccc2nc(C(COC(C)(C)C)Nc3nc(N)nc4nc[nH]c34)n(-c3ccccc3)c(=O)c12. The van der Waals surface area contributed by atoms with E-state index < -0.39 is 11.6 Å². The Morgan fingerprint density at radius 2 is 1.86 bits per heavy atom. The molecule has 0 aliphatic rings. The molecule has 5 rings (SSSR count). The molecule has 0 spiro atoms. The molecule has 0 amide bonds. The number of nitrogens with one attached hydrogen (secondary N) is 2. The third-order valence-electron chi connectivity index (χ3n) is 5.75. The maximum Gasteiger partial charge on any atom is 0.266 e. The zero-order chi connectivity index (χ0) is 25.4.